The van der Waals surface area contributed by atoms with E-state index < -0.39 is 0 Å². The number of nitrogens with one attached hydrogen (secondary N) is 1. The number of benzene rings is 1. The van der Waals surface area contributed by atoms with E-state index in [2.05, 4.69) is 11.9 Å². The average Bonchev–Trinajstić information content (AvgIpc) is 2.35. The zero-order valence-corrected chi connectivity index (χ0v) is 11.3. The van der Waals surface area contributed by atoms with Crippen LogP contribution in [-0.4, -0.2) is 23.0 Å². The van der Waals surface area contributed by atoms with E-state index in [0.717, 1.165) is 29.2 Å². The standard InChI is InChI=1S/C13H18N2O2S/c1-3-8-18-9-7-14-10-12-5-4-6-13(11(12)2)15(16)17/h3-6,14H,1,7-10H2,2H3. The Morgan fingerprint density at radius 3 is 3.00 bits per heavy atom. The lowest BCUT2D eigenvalue weighted by Gasteiger charge is -2.07. The minimum Gasteiger partial charge on any atom is -0.312 e. The molecule has 0 saturated carbocycles. The molecule has 1 aromatic rings. The van der Waals surface area contributed by atoms with Crippen LogP contribution in [0.4, 0.5) is 5.69 Å². The molecule has 0 fully saturated rings. The Hall–Kier alpha value is -1.33. The lowest BCUT2D eigenvalue weighted by molar-refractivity contribution is -0.385. The van der Waals surface area contributed by atoms with Crippen LogP contribution in [0.5, 0.6) is 0 Å². The van der Waals surface area contributed by atoms with Gasteiger partial charge in [0.1, 0.15) is 0 Å². The number of hydrogen-bond donors (Lipinski definition) is 1. The Morgan fingerprint density at radius 2 is 2.33 bits per heavy atom. The molecule has 0 saturated heterocycles. The molecule has 0 aromatic heterocycles. The summed E-state index contributed by atoms with van der Waals surface area (Å²) < 4.78 is 0. The largest absolute Gasteiger partial charge is 0.312 e. The Bertz CT molecular complexity index is 421. The number of rotatable bonds is 8. The molecule has 0 heterocycles. The summed E-state index contributed by atoms with van der Waals surface area (Å²) in [6, 6.07) is 5.19. The van der Waals surface area contributed by atoms with Crippen molar-refractivity contribution in [1.29, 1.82) is 0 Å². The Labute approximate surface area is 112 Å². The van der Waals surface area contributed by atoms with Gasteiger partial charge in [0.25, 0.3) is 5.69 Å². The van der Waals surface area contributed by atoms with Crippen molar-refractivity contribution in [1.82, 2.24) is 5.32 Å². The van der Waals surface area contributed by atoms with Crippen molar-refractivity contribution in [3.63, 3.8) is 0 Å². The third-order valence-electron chi connectivity index (χ3n) is 2.59. The molecule has 0 radical (unpaired) electrons. The first-order valence-corrected chi connectivity index (χ1v) is 6.94. The number of nitrogens with zero attached hydrogens (tertiary/aromatic N) is 1. The Morgan fingerprint density at radius 1 is 1.56 bits per heavy atom. The van der Waals surface area contributed by atoms with E-state index in [9.17, 15) is 10.1 Å². The van der Waals surface area contributed by atoms with Gasteiger partial charge in [0, 0.05) is 36.2 Å². The molecule has 1 N–H and O–H groups in total. The zero-order chi connectivity index (χ0) is 13.4. The van der Waals surface area contributed by atoms with Gasteiger partial charge in [-0.2, -0.15) is 11.8 Å². The molecule has 0 amide bonds. The Balaban J connectivity index is 2.45. The molecule has 1 aromatic carbocycles. The van der Waals surface area contributed by atoms with Gasteiger partial charge in [0.15, 0.2) is 0 Å². The van der Waals surface area contributed by atoms with Gasteiger partial charge in [-0.1, -0.05) is 18.2 Å². The molecule has 0 aliphatic heterocycles. The topological polar surface area (TPSA) is 55.2 Å². The highest BCUT2D eigenvalue weighted by atomic mass is 32.2. The van der Waals surface area contributed by atoms with Gasteiger partial charge in [0.05, 0.1) is 4.92 Å². The van der Waals surface area contributed by atoms with Crippen LogP contribution in [0.15, 0.2) is 30.9 Å². The van der Waals surface area contributed by atoms with Gasteiger partial charge in [-0.25, -0.2) is 0 Å². The van der Waals surface area contributed by atoms with Gasteiger partial charge in [-0.15, -0.1) is 6.58 Å². The van der Waals surface area contributed by atoms with Crippen molar-refractivity contribution in [2.75, 3.05) is 18.1 Å². The minimum absolute atomic E-state index is 0.190. The fourth-order valence-electron chi connectivity index (χ4n) is 1.59. The molecule has 5 heteroatoms. The molecule has 0 spiro atoms. The predicted octanol–water partition coefficient (Wildman–Crippen LogP) is 2.91. The molecule has 98 valence electrons. The minimum atomic E-state index is -0.335. The van der Waals surface area contributed by atoms with Gasteiger partial charge < -0.3 is 5.32 Å². The number of nitro benzene ring substituents is 1. The summed E-state index contributed by atoms with van der Waals surface area (Å²) in [6.45, 7) is 7.01. The summed E-state index contributed by atoms with van der Waals surface area (Å²) in [5.74, 6) is 1.97. The fourth-order valence-corrected chi connectivity index (χ4v) is 2.22. The maximum Gasteiger partial charge on any atom is 0.272 e. The molecular formula is C13H18N2O2S. The summed E-state index contributed by atoms with van der Waals surface area (Å²) in [6.07, 6.45) is 1.88. The molecule has 0 bridgehead atoms. The van der Waals surface area contributed by atoms with E-state index in [1.165, 1.54) is 0 Å². The van der Waals surface area contributed by atoms with Crippen molar-refractivity contribution >= 4 is 17.4 Å². The van der Waals surface area contributed by atoms with Crippen molar-refractivity contribution in [3.8, 4) is 0 Å². The van der Waals surface area contributed by atoms with Crippen LogP contribution >= 0.6 is 11.8 Å². The van der Waals surface area contributed by atoms with E-state index in [4.69, 9.17) is 0 Å². The summed E-state index contributed by atoms with van der Waals surface area (Å²) in [5.41, 5.74) is 1.92. The average molecular weight is 266 g/mol. The van der Waals surface area contributed by atoms with Crippen molar-refractivity contribution in [2.24, 2.45) is 0 Å². The Kier molecular flexibility index (Phi) is 6.46. The van der Waals surface area contributed by atoms with Gasteiger partial charge in [-0.05, 0) is 12.5 Å². The van der Waals surface area contributed by atoms with Crippen LogP contribution in [0.3, 0.4) is 0 Å². The molecule has 1 rings (SSSR count). The van der Waals surface area contributed by atoms with Crippen molar-refractivity contribution in [2.45, 2.75) is 13.5 Å². The second kappa shape index (κ2) is 7.89. The molecule has 0 atom stereocenters. The zero-order valence-electron chi connectivity index (χ0n) is 10.5. The first kappa shape index (κ1) is 14.7. The maximum absolute atomic E-state index is 10.8. The lowest BCUT2D eigenvalue weighted by atomic mass is 10.1. The monoisotopic (exact) mass is 266 g/mol. The summed E-state index contributed by atoms with van der Waals surface area (Å²) >= 11 is 1.81. The molecule has 0 aliphatic carbocycles. The quantitative estimate of drug-likeness (QED) is 0.340. The molecule has 18 heavy (non-hydrogen) atoms. The van der Waals surface area contributed by atoms with Crippen LogP contribution in [0.2, 0.25) is 0 Å². The highest BCUT2D eigenvalue weighted by Crippen LogP contribution is 2.20. The first-order valence-electron chi connectivity index (χ1n) is 5.79. The normalized spacial score (nSPS) is 10.3. The smallest absolute Gasteiger partial charge is 0.272 e. The number of hydrogen-bond acceptors (Lipinski definition) is 4. The highest BCUT2D eigenvalue weighted by molar-refractivity contribution is 7.99. The summed E-state index contributed by atoms with van der Waals surface area (Å²) in [5, 5.41) is 14.1. The molecule has 0 aliphatic rings. The van der Waals surface area contributed by atoms with Crippen molar-refractivity contribution in [3.05, 3.63) is 52.1 Å². The van der Waals surface area contributed by atoms with E-state index >= 15 is 0 Å². The number of thioether (sulfide) groups is 1. The SMILES string of the molecule is C=CCSCCNCc1cccc([N+](=O)[O-])c1C. The summed E-state index contributed by atoms with van der Waals surface area (Å²) in [7, 11) is 0. The van der Waals surface area contributed by atoms with Gasteiger partial charge >= 0.3 is 0 Å². The number of nitro groups is 1. The molecule has 4 nitrogen and oxygen atoms in total. The van der Waals surface area contributed by atoms with E-state index in [0.29, 0.717) is 6.54 Å². The maximum atomic E-state index is 10.8. The molecular weight excluding hydrogens is 248 g/mol. The van der Waals surface area contributed by atoms with Crippen LogP contribution in [0.1, 0.15) is 11.1 Å². The lowest BCUT2D eigenvalue weighted by Crippen LogP contribution is -2.17. The fraction of sp³-hybridized carbons (Fsp3) is 0.385. The highest BCUT2D eigenvalue weighted by Gasteiger charge is 2.12. The first-order chi connectivity index (χ1) is 8.66. The van der Waals surface area contributed by atoms with E-state index in [1.807, 2.05) is 23.9 Å². The van der Waals surface area contributed by atoms with Gasteiger partial charge in [-0.3, -0.25) is 10.1 Å². The van der Waals surface area contributed by atoms with Crippen LogP contribution < -0.4 is 5.32 Å². The van der Waals surface area contributed by atoms with Crippen molar-refractivity contribution < 1.29 is 4.92 Å². The van der Waals surface area contributed by atoms with Gasteiger partial charge in [0.2, 0.25) is 0 Å². The second-order valence-corrected chi connectivity index (χ2v) is 5.01. The predicted molar refractivity (Wildman–Crippen MR) is 77.1 cm³/mol. The van der Waals surface area contributed by atoms with Crippen LogP contribution in [-0.2, 0) is 6.54 Å². The third-order valence-corrected chi connectivity index (χ3v) is 3.55. The summed E-state index contributed by atoms with van der Waals surface area (Å²) in [4.78, 5) is 10.5. The van der Waals surface area contributed by atoms with E-state index in [-0.39, 0.29) is 10.6 Å². The molecule has 0 unspecified atom stereocenters. The third kappa shape index (κ3) is 4.50. The van der Waals surface area contributed by atoms with Crippen LogP contribution in [0.25, 0.3) is 0 Å². The van der Waals surface area contributed by atoms with Crippen LogP contribution in [0, 0.1) is 17.0 Å². The van der Waals surface area contributed by atoms with E-state index in [1.54, 1.807) is 19.1 Å². The second-order valence-electron chi connectivity index (χ2n) is 3.86.